The van der Waals surface area contributed by atoms with Crippen LogP contribution in [-0.4, -0.2) is 15.0 Å². The summed E-state index contributed by atoms with van der Waals surface area (Å²) >= 11 is 0. The Hall–Kier alpha value is -0.740. The number of hydrogen-bond acceptors (Lipinski definition) is 3. The van der Waals surface area contributed by atoms with Crippen molar-refractivity contribution in [3.05, 3.63) is 29.8 Å². The Bertz CT molecular complexity index is 441. The van der Waals surface area contributed by atoms with Crippen LogP contribution in [0.25, 0.3) is 0 Å². The largest absolute Gasteiger partial charge is 0.493 e. The molecule has 1 unspecified atom stereocenters. The molecule has 0 radical (unpaired) electrons. The SMILES string of the molecule is O=S(=O)(Cl)C1CCOc2ccccc21. The van der Waals surface area contributed by atoms with E-state index in [9.17, 15) is 8.42 Å². The summed E-state index contributed by atoms with van der Waals surface area (Å²) in [7, 11) is 1.81. The molecule has 76 valence electrons. The lowest BCUT2D eigenvalue weighted by Gasteiger charge is -2.23. The Kier molecular flexibility index (Phi) is 2.41. The second-order valence-electron chi connectivity index (χ2n) is 3.14. The minimum absolute atomic E-state index is 0.396. The van der Waals surface area contributed by atoms with Crippen LogP contribution in [0.5, 0.6) is 5.75 Å². The highest BCUT2D eigenvalue weighted by atomic mass is 35.7. The number of rotatable bonds is 1. The molecule has 1 aromatic rings. The fraction of sp³-hybridized carbons (Fsp3) is 0.333. The smallest absolute Gasteiger partial charge is 0.239 e. The highest BCUT2D eigenvalue weighted by molar-refractivity contribution is 8.13. The first kappa shape index (κ1) is 9.80. The standard InChI is InChI=1S/C9H9ClO3S/c10-14(11,12)9-5-6-13-8-4-2-1-3-7(8)9/h1-4,9H,5-6H2. The van der Waals surface area contributed by atoms with E-state index < -0.39 is 14.3 Å². The molecule has 3 nitrogen and oxygen atoms in total. The molecule has 0 amide bonds. The van der Waals surface area contributed by atoms with E-state index in [0.717, 1.165) is 0 Å². The van der Waals surface area contributed by atoms with Gasteiger partial charge in [-0.05, 0) is 6.07 Å². The molecule has 0 aliphatic carbocycles. The van der Waals surface area contributed by atoms with Gasteiger partial charge in [-0.25, -0.2) is 8.42 Å². The molecule has 0 aromatic heterocycles. The minimum Gasteiger partial charge on any atom is -0.493 e. The highest BCUT2D eigenvalue weighted by Gasteiger charge is 2.30. The Labute approximate surface area is 87.1 Å². The normalized spacial score (nSPS) is 21.1. The Balaban J connectivity index is 2.51. The van der Waals surface area contributed by atoms with Crippen molar-refractivity contribution in [2.75, 3.05) is 6.61 Å². The molecular formula is C9H9ClO3S. The fourth-order valence-electron chi connectivity index (χ4n) is 1.60. The Morgan fingerprint density at radius 1 is 1.36 bits per heavy atom. The molecule has 5 heteroatoms. The summed E-state index contributed by atoms with van der Waals surface area (Å²) in [5.41, 5.74) is 0.661. The third kappa shape index (κ3) is 1.72. The predicted molar refractivity (Wildman–Crippen MR) is 54.1 cm³/mol. The second kappa shape index (κ2) is 3.44. The lowest BCUT2D eigenvalue weighted by Crippen LogP contribution is -2.18. The third-order valence-corrected chi connectivity index (χ3v) is 4.06. The Morgan fingerprint density at radius 2 is 2.07 bits per heavy atom. The van der Waals surface area contributed by atoms with Crippen molar-refractivity contribution >= 4 is 19.7 Å². The van der Waals surface area contributed by atoms with Gasteiger partial charge in [0.05, 0.1) is 6.61 Å². The average molecular weight is 233 g/mol. The van der Waals surface area contributed by atoms with Crippen LogP contribution in [0.1, 0.15) is 17.2 Å². The number of ether oxygens (including phenoxy) is 1. The molecule has 0 fully saturated rings. The first-order valence-corrected chi connectivity index (χ1v) is 6.61. The predicted octanol–water partition coefficient (Wildman–Crippen LogP) is 2.08. The zero-order chi connectivity index (χ0) is 10.2. The van der Waals surface area contributed by atoms with Crippen molar-refractivity contribution in [1.82, 2.24) is 0 Å². The summed E-state index contributed by atoms with van der Waals surface area (Å²) in [6.07, 6.45) is 0.419. The van der Waals surface area contributed by atoms with Crippen molar-refractivity contribution in [3.8, 4) is 5.75 Å². The van der Waals surface area contributed by atoms with E-state index in [1.165, 1.54) is 0 Å². The van der Waals surface area contributed by atoms with Gasteiger partial charge in [-0.2, -0.15) is 0 Å². The van der Waals surface area contributed by atoms with E-state index in [0.29, 0.717) is 24.3 Å². The maximum Gasteiger partial charge on any atom is 0.239 e. The monoisotopic (exact) mass is 232 g/mol. The van der Waals surface area contributed by atoms with Crippen LogP contribution < -0.4 is 4.74 Å². The zero-order valence-corrected chi connectivity index (χ0v) is 8.88. The summed E-state index contributed by atoms with van der Waals surface area (Å²) in [4.78, 5) is 0. The average Bonchev–Trinajstić information content (AvgIpc) is 2.15. The summed E-state index contributed by atoms with van der Waals surface area (Å²) in [6.45, 7) is 0.396. The number of fused-ring (bicyclic) bond motifs is 1. The van der Waals surface area contributed by atoms with Gasteiger partial charge in [0.1, 0.15) is 11.0 Å². The third-order valence-electron chi connectivity index (χ3n) is 2.24. The van der Waals surface area contributed by atoms with E-state index in [2.05, 4.69) is 0 Å². The number of hydrogen-bond donors (Lipinski definition) is 0. The van der Waals surface area contributed by atoms with Crippen molar-refractivity contribution in [3.63, 3.8) is 0 Å². The lowest BCUT2D eigenvalue weighted by molar-refractivity contribution is 0.284. The molecule has 1 heterocycles. The van der Waals surface area contributed by atoms with Crippen molar-refractivity contribution in [2.24, 2.45) is 0 Å². The van der Waals surface area contributed by atoms with Gasteiger partial charge in [-0.3, -0.25) is 0 Å². The Morgan fingerprint density at radius 3 is 2.79 bits per heavy atom. The molecule has 0 bridgehead atoms. The van der Waals surface area contributed by atoms with Crippen LogP contribution in [-0.2, 0) is 9.05 Å². The maximum absolute atomic E-state index is 11.3. The minimum atomic E-state index is -3.55. The molecule has 14 heavy (non-hydrogen) atoms. The molecule has 1 aliphatic heterocycles. The second-order valence-corrected chi connectivity index (χ2v) is 5.95. The molecule has 0 saturated carbocycles. The topological polar surface area (TPSA) is 43.4 Å². The van der Waals surface area contributed by atoms with Crippen molar-refractivity contribution < 1.29 is 13.2 Å². The summed E-state index contributed by atoms with van der Waals surface area (Å²) < 4.78 is 27.8. The van der Waals surface area contributed by atoms with Gasteiger partial charge in [0, 0.05) is 22.7 Å². The number of benzene rings is 1. The molecule has 2 rings (SSSR count). The molecule has 0 spiro atoms. The number of para-hydroxylation sites is 1. The summed E-state index contributed by atoms with van der Waals surface area (Å²) in [5.74, 6) is 0.618. The zero-order valence-electron chi connectivity index (χ0n) is 7.31. The van der Waals surface area contributed by atoms with Gasteiger partial charge < -0.3 is 4.74 Å². The molecule has 1 atom stereocenters. The van der Waals surface area contributed by atoms with E-state index in [-0.39, 0.29) is 0 Å². The summed E-state index contributed by atoms with van der Waals surface area (Å²) in [5, 5.41) is -0.630. The van der Waals surface area contributed by atoms with Gasteiger partial charge in [-0.15, -0.1) is 0 Å². The summed E-state index contributed by atoms with van der Waals surface area (Å²) in [6, 6.07) is 7.08. The van der Waals surface area contributed by atoms with Gasteiger partial charge in [-0.1, -0.05) is 18.2 Å². The van der Waals surface area contributed by atoms with E-state index in [1.54, 1.807) is 18.2 Å². The van der Waals surface area contributed by atoms with Crippen molar-refractivity contribution in [2.45, 2.75) is 11.7 Å². The van der Waals surface area contributed by atoms with E-state index in [1.807, 2.05) is 6.07 Å². The maximum atomic E-state index is 11.3. The molecule has 0 saturated heterocycles. The van der Waals surface area contributed by atoms with Crippen LogP contribution >= 0.6 is 10.7 Å². The fourth-order valence-corrected chi connectivity index (χ4v) is 3.03. The first-order chi connectivity index (χ1) is 6.59. The molecule has 1 aromatic carbocycles. The van der Waals surface area contributed by atoms with Gasteiger partial charge >= 0.3 is 0 Å². The quantitative estimate of drug-likeness (QED) is 0.697. The van der Waals surface area contributed by atoms with Crippen molar-refractivity contribution in [1.29, 1.82) is 0 Å². The van der Waals surface area contributed by atoms with E-state index >= 15 is 0 Å². The molecular weight excluding hydrogens is 224 g/mol. The highest BCUT2D eigenvalue weighted by Crippen LogP contribution is 2.38. The van der Waals surface area contributed by atoms with Crippen LogP contribution in [0.4, 0.5) is 0 Å². The van der Waals surface area contributed by atoms with Crippen LogP contribution in [0.2, 0.25) is 0 Å². The van der Waals surface area contributed by atoms with Gasteiger partial charge in [0.2, 0.25) is 9.05 Å². The van der Waals surface area contributed by atoms with Crippen LogP contribution in [0, 0.1) is 0 Å². The number of halogens is 1. The first-order valence-electron chi connectivity index (χ1n) is 4.24. The molecule has 1 aliphatic rings. The molecule has 0 N–H and O–H groups in total. The lowest BCUT2D eigenvalue weighted by atomic mass is 10.1. The van der Waals surface area contributed by atoms with Crippen LogP contribution in [0.3, 0.4) is 0 Å². The van der Waals surface area contributed by atoms with E-state index in [4.69, 9.17) is 15.4 Å². The van der Waals surface area contributed by atoms with Crippen LogP contribution in [0.15, 0.2) is 24.3 Å². The van der Waals surface area contributed by atoms with Gasteiger partial charge in [0.25, 0.3) is 0 Å². The van der Waals surface area contributed by atoms with Gasteiger partial charge in [0.15, 0.2) is 0 Å².